The van der Waals surface area contributed by atoms with Gasteiger partial charge < -0.3 is 5.32 Å². The normalized spacial score (nSPS) is 25.9. The van der Waals surface area contributed by atoms with E-state index in [2.05, 4.69) is 16.2 Å². The van der Waals surface area contributed by atoms with Crippen LogP contribution in [0.25, 0.3) is 0 Å². The number of hydrogen-bond acceptors (Lipinski definition) is 3. The average Bonchev–Trinajstić information content (AvgIpc) is 3.15. The number of anilines is 1. The van der Waals surface area contributed by atoms with Gasteiger partial charge in [0.2, 0.25) is 5.91 Å². The second-order valence-corrected chi connectivity index (χ2v) is 5.59. The van der Waals surface area contributed by atoms with Crippen molar-refractivity contribution in [1.29, 1.82) is 0 Å². The van der Waals surface area contributed by atoms with Crippen LogP contribution in [-0.4, -0.2) is 18.0 Å². The number of alkyl halides is 3. The summed E-state index contributed by atoms with van der Waals surface area (Å²) < 4.78 is 37.9. The number of amides is 1. The van der Waals surface area contributed by atoms with Gasteiger partial charge in [-0.3, -0.25) is 10.2 Å². The van der Waals surface area contributed by atoms with Crippen LogP contribution in [0.15, 0.2) is 24.3 Å². The molecule has 3 N–H and O–H groups in total. The molecule has 0 radical (unpaired) electrons. The second-order valence-electron chi connectivity index (χ2n) is 5.59. The zero-order chi connectivity index (χ0) is 15.0. The van der Waals surface area contributed by atoms with Gasteiger partial charge in [-0.15, -0.1) is 0 Å². The summed E-state index contributed by atoms with van der Waals surface area (Å²) in [6, 6.07) is 4.53. The third kappa shape index (κ3) is 3.36. The van der Waals surface area contributed by atoms with Crippen molar-refractivity contribution in [2.45, 2.75) is 37.5 Å². The Hall–Kier alpha value is -1.60. The van der Waals surface area contributed by atoms with Crippen molar-refractivity contribution >= 4 is 11.6 Å². The van der Waals surface area contributed by atoms with Gasteiger partial charge in [0.05, 0.1) is 5.56 Å². The lowest BCUT2D eigenvalue weighted by molar-refractivity contribution is -0.137. The van der Waals surface area contributed by atoms with Gasteiger partial charge in [0.15, 0.2) is 0 Å². The van der Waals surface area contributed by atoms with Crippen LogP contribution >= 0.6 is 0 Å². The van der Waals surface area contributed by atoms with Crippen molar-refractivity contribution in [3.8, 4) is 0 Å². The predicted octanol–water partition coefficient (Wildman–Crippen LogP) is 2.29. The fourth-order valence-corrected chi connectivity index (χ4v) is 2.56. The minimum absolute atomic E-state index is 0.159. The van der Waals surface area contributed by atoms with E-state index in [9.17, 15) is 18.0 Å². The van der Waals surface area contributed by atoms with Crippen LogP contribution in [0.4, 0.5) is 18.9 Å². The zero-order valence-electron chi connectivity index (χ0n) is 11.2. The highest BCUT2D eigenvalue weighted by Crippen LogP contribution is 2.36. The Morgan fingerprint density at radius 1 is 1.24 bits per heavy atom. The van der Waals surface area contributed by atoms with Gasteiger partial charge in [-0.1, -0.05) is 6.07 Å². The van der Waals surface area contributed by atoms with Gasteiger partial charge in [-0.25, -0.2) is 5.43 Å². The summed E-state index contributed by atoms with van der Waals surface area (Å²) in [6.45, 7) is 0. The number of rotatable bonds is 3. The number of carbonyl (C=O) groups excluding carboxylic acids is 1. The van der Waals surface area contributed by atoms with Crippen molar-refractivity contribution in [1.82, 2.24) is 10.9 Å². The Kier molecular flexibility index (Phi) is 3.62. The molecule has 7 heteroatoms. The van der Waals surface area contributed by atoms with Crippen LogP contribution in [0.2, 0.25) is 0 Å². The molecule has 2 fully saturated rings. The van der Waals surface area contributed by atoms with Crippen LogP contribution in [0, 0.1) is 5.92 Å². The van der Waals surface area contributed by atoms with E-state index in [-0.39, 0.29) is 17.6 Å². The summed E-state index contributed by atoms with van der Waals surface area (Å²) >= 11 is 0. The molecule has 4 nitrogen and oxygen atoms in total. The van der Waals surface area contributed by atoms with Crippen LogP contribution in [0.1, 0.15) is 24.8 Å². The Morgan fingerprint density at radius 3 is 2.67 bits per heavy atom. The molecule has 1 saturated carbocycles. The topological polar surface area (TPSA) is 53.2 Å². The summed E-state index contributed by atoms with van der Waals surface area (Å²) in [6.07, 6.45) is -1.41. The molecule has 21 heavy (non-hydrogen) atoms. The van der Waals surface area contributed by atoms with E-state index < -0.39 is 17.8 Å². The molecule has 1 aromatic rings. The number of hydrazine groups is 1. The first kappa shape index (κ1) is 14.3. The van der Waals surface area contributed by atoms with Crippen molar-refractivity contribution in [3.63, 3.8) is 0 Å². The SMILES string of the molecule is O=C(Nc1cccc(C(F)(F)F)c1)C1CC(C2CC2)NN1. The van der Waals surface area contributed by atoms with Gasteiger partial charge in [0.25, 0.3) is 0 Å². The highest BCUT2D eigenvalue weighted by atomic mass is 19.4. The van der Waals surface area contributed by atoms with Crippen molar-refractivity contribution in [3.05, 3.63) is 29.8 Å². The lowest BCUT2D eigenvalue weighted by atomic mass is 10.1. The average molecular weight is 299 g/mol. The van der Waals surface area contributed by atoms with Gasteiger partial charge in [0, 0.05) is 11.7 Å². The molecule has 1 saturated heterocycles. The molecule has 2 unspecified atom stereocenters. The maximum absolute atomic E-state index is 12.6. The quantitative estimate of drug-likeness (QED) is 0.802. The molecule has 1 heterocycles. The molecule has 2 aliphatic rings. The first-order valence-electron chi connectivity index (χ1n) is 6.92. The molecule has 1 aliphatic carbocycles. The van der Waals surface area contributed by atoms with E-state index in [1.807, 2.05) is 0 Å². The second kappa shape index (κ2) is 5.31. The predicted molar refractivity (Wildman–Crippen MR) is 71.3 cm³/mol. The van der Waals surface area contributed by atoms with E-state index in [0.717, 1.165) is 12.1 Å². The third-order valence-corrected chi connectivity index (χ3v) is 3.90. The van der Waals surface area contributed by atoms with Gasteiger partial charge in [-0.2, -0.15) is 13.2 Å². The smallest absolute Gasteiger partial charge is 0.325 e. The summed E-state index contributed by atoms with van der Waals surface area (Å²) in [4.78, 5) is 12.1. The number of nitrogens with one attached hydrogen (secondary N) is 3. The van der Waals surface area contributed by atoms with E-state index >= 15 is 0 Å². The maximum atomic E-state index is 12.6. The Morgan fingerprint density at radius 2 is 2.00 bits per heavy atom. The van der Waals surface area contributed by atoms with Crippen molar-refractivity contribution in [2.75, 3.05) is 5.32 Å². The zero-order valence-corrected chi connectivity index (χ0v) is 11.2. The molecular formula is C14H16F3N3O. The molecular weight excluding hydrogens is 283 g/mol. The molecule has 3 rings (SSSR count). The first-order chi connectivity index (χ1) is 9.93. The van der Waals surface area contributed by atoms with Crippen molar-refractivity contribution in [2.24, 2.45) is 5.92 Å². The first-order valence-corrected chi connectivity index (χ1v) is 6.92. The van der Waals surface area contributed by atoms with Crippen molar-refractivity contribution < 1.29 is 18.0 Å². The minimum Gasteiger partial charge on any atom is -0.325 e. The van der Waals surface area contributed by atoms with E-state index in [4.69, 9.17) is 0 Å². The Balaban J connectivity index is 1.62. The fraction of sp³-hybridized carbons (Fsp3) is 0.500. The number of carbonyl (C=O) groups is 1. The maximum Gasteiger partial charge on any atom is 0.416 e. The van der Waals surface area contributed by atoms with Gasteiger partial charge >= 0.3 is 6.18 Å². The third-order valence-electron chi connectivity index (χ3n) is 3.90. The molecule has 0 aromatic heterocycles. The molecule has 2 atom stereocenters. The highest BCUT2D eigenvalue weighted by molar-refractivity contribution is 5.95. The molecule has 0 bridgehead atoms. The fourth-order valence-electron chi connectivity index (χ4n) is 2.56. The largest absolute Gasteiger partial charge is 0.416 e. The van der Waals surface area contributed by atoms with E-state index in [0.29, 0.717) is 12.3 Å². The number of hydrogen-bond donors (Lipinski definition) is 3. The molecule has 0 spiro atoms. The molecule has 114 valence electrons. The van der Waals surface area contributed by atoms with E-state index in [1.54, 1.807) is 0 Å². The summed E-state index contributed by atoms with van der Waals surface area (Å²) in [5.41, 5.74) is 5.38. The summed E-state index contributed by atoms with van der Waals surface area (Å²) in [5.74, 6) is 0.300. The van der Waals surface area contributed by atoms with Gasteiger partial charge in [0.1, 0.15) is 6.04 Å². The minimum atomic E-state index is -4.41. The van der Waals surface area contributed by atoms with Crippen LogP contribution < -0.4 is 16.2 Å². The Bertz CT molecular complexity index is 543. The summed E-state index contributed by atoms with van der Waals surface area (Å²) in [5, 5.41) is 2.53. The highest BCUT2D eigenvalue weighted by Gasteiger charge is 2.39. The van der Waals surface area contributed by atoms with Gasteiger partial charge in [-0.05, 0) is 43.4 Å². The number of benzene rings is 1. The Labute approximate surface area is 120 Å². The molecule has 1 amide bonds. The lowest BCUT2D eigenvalue weighted by Crippen LogP contribution is -2.40. The van der Waals surface area contributed by atoms with Crippen LogP contribution in [-0.2, 0) is 11.0 Å². The standard InChI is InChI=1S/C14H16F3N3O/c15-14(16,17)9-2-1-3-10(6-9)18-13(21)12-7-11(19-20-12)8-4-5-8/h1-3,6,8,11-12,19-20H,4-5,7H2,(H,18,21). The molecule has 1 aromatic carbocycles. The van der Waals surface area contributed by atoms with Crippen LogP contribution in [0.3, 0.4) is 0 Å². The number of halogens is 3. The van der Waals surface area contributed by atoms with Crippen LogP contribution in [0.5, 0.6) is 0 Å². The van der Waals surface area contributed by atoms with E-state index in [1.165, 1.54) is 25.0 Å². The lowest BCUT2D eigenvalue weighted by Gasteiger charge is -2.12. The monoisotopic (exact) mass is 299 g/mol. The summed E-state index contributed by atoms with van der Waals surface area (Å²) in [7, 11) is 0. The molecule has 1 aliphatic heterocycles.